The van der Waals surface area contributed by atoms with E-state index in [4.69, 9.17) is 16.3 Å². The molecule has 0 unspecified atom stereocenters. The summed E-state index contributed by atoms with van der Waals surface area (Å²) in [5.41, 5.74) is 2.75. The molecule has 0 radical (unpaired) electrons. The highest BCUT2D eigenvalue weighted by atomic mass is 35.5. The number of nitrogens with zero attached hydrogens (tertiary/aromatic N) is 3. The lowest BCUT2D eigenvalue weighted by Gasteiger charge is -2.17. The molecule has 0 aliphatic rings. The Morgan fingerprint density at radius 3 is 2.47 bits per heavy atom. The summed E-state index contributed by atoms with van der Waals surface area (Å²) >= 11 is 5.84. The summed E-state index contributed by atoms with van der Waals surface area (Å²) in [6.07, 6.45) is 5.49. The lowest BCUT2D eigenvalue weighted by molar-refractivity contribution is 0.300. The summed E-state index contributed by atoms with van der Waals surface area (Å²) < 4.78 is 7.30. The van der Waals surface area contributed by atoms with E-state index in [1.807, 2.05) is 12.1 Å². The maximum absolute atomic E-state index is 12.5. The number of pyridine rings is 2. The first-order valence-corrected chi connectivity index (χ1v) is 10.7. The molecule has 2 aromatic heterocycles. The normalized spacial score (nSPS) is 11.1. The third-order valence-corrected chi connectivity index (χ3v) is 5.34. The lowest BCUT2D eigenvalue weighted by Crippen LogP contribution is -2.24. The van der Waals surface area contributed by atoms with Crippen molar-refractivity contribution in [3.63, 3.8) is 0 Å². The monoisotopic (exact) mass is 425 g/mol. The van der Waals surface area contributed by atoms with E-state index in [0.717, 1.165) is 43.9 Å². The van der Waals surface area contributed by atoms with Crippen LogP contribution in [-0.4, -0.2) is 34.1 Å². The zero-order chi connectivity index (χ0) is 21.3. The molecule has 0 aliphatic carbocycles. The van der Waals surface area contributed by atoms with Gasteiger partial charge in [-0.2, -0.15) is 0 Å². The fraction of sp³-hybridized carbons (Fsp3) is 0.333. The molecule has 1 aromatic carbocycles. The Morgan fingerprint density at radius 1 is 1.07 bits per heavy atom. The van der Waals surface area contributed by atoms with Gasteiger partial charge >= 0.3 is 0 Å². The van der Waals surface area contributed by atoms with Crippen LogP contribution >= 0.6 is 11.6 Å². The van der Waals surface area contributed by atoms with Gasteiger partial charge in [0.2, 0.25) is 0 Å². The number of aromatic nitrogens is 2. The maximum Gasteiger partial charge on any atom is 0.258 e. The van der Waals surface area contributed by atoms with Crippen LogP contribution in [0.15, 0.2) is 65.7 Å². The molecule has 0 saturated carbocycles. The van der Waals surface area contributed by atoms with E-state index in [1.165, 1.54) is 11.6 Å². The van der Waals surface area contributed by atoms with Gasteiger partial charge in [-0.3, -0.25) is 14.3 Å². The van der Waals surface area contributed by atoms with E-state index in [2.05, 4.69) is 35.9 Å². The van der Waals surface area contributed by atoms with Crippen LogP contribution in [0.5, 0.6) is 5.75 Å². The van der Waals surface area contributed by atoms with Crippen molar-refractivity contribution < 1.29 is 4.74 Å². The van der Waals surface area contributed by atoms with Gasteiger partial charge in [-0.05, 0) is 68.4 Å². The molecule has 0 bridgehead atoms. The van der Waals surface area contributed by atoms with Gasteiger partial charge in [0.05, 0.1) is 10.7 Å². The highest BCUT2D eigenvalue weighted by molar-refractivity contribution is 6.30. The van der Waals surface area contributed by atoms with Crippen LogP contribution in [0.1, 0.15) is 31.5 Å². The van der Waals surface area contributed by atoms with Crippen molar-refractivity contribution in [2.45, 2.75) is 33.3 Å². The second kappa shape index (κ2) is 11.0. The summed E-state index contributed by atoms with van der Waals surface area (Å²) in [5, 5.41) is 0.580. The molecule has 6 heteroatoms. The highest BCUT2D eigenvalue weighted by Gasteiger charge is 2.05. The Morgan fingerprint density at radius 2 is 1.83 bits per heavy atom. The van der Waals surface area contributed by atoms with Crippen molar-refractivity contribution in [1.29, 1.82) is 0 Å². The quantitative estimate of drug-likeness (QED) is 0.470. The SMILES string of the molecule is CCN(CC)CCCc1ccc(-n2ccc(OCc3ccc(Cl)cn3)cc2=O)cc1. The minimum Gasteiger partial charge on any atom is -0.487 e. The number of hydrogen-bond acceptors (Lipinski definition) is 4. The standard InChI is InChI=1S/C24H28ClN3O2/c1-3-27(4-2)14-5-6-19-7-11-22(12-8-19)28-15-13-23(16-24(28)29)30-18-21-10-9-20(25)17-26-21/h7-13,15-17H,3-6,14,18H2,1-2H3. The molecule has 0 N–H and O–H groups in total. The van der Waals surface area contributed by atoms with Gasteiger partial charge in [0.1, 0.15) is 12.4 Å². The van der Waals surface area contributed by atoms with Crippen molar-refractivity contribution in [1.82, 2.24) is 14.5 Å². The van der Waals surface area contributed by atoms with E-state index < -0.39 is 0 Å². The van der Waals surface area contributed by atoms with Gasteiger partial charge in [0.15, 0.2) is 0 Å². The van der Waals surface area contributed by atoms with E-state index in [9.17, 15) is 4.79 Å². The summed E-state index contributed by atoms with van der Waals surface area (Å²) in [6, 6.07) is 15.0. The second-order valence-corrected chi connectivity index (χ2v) is 7.56. The van der Waals surface area contributed by atoms with Crippen molar-refractivity contribution >= 4 is 11.6 Å². The summed E-state index contributed by atoms with van der Waals surface area (Å²) in [6.45, 7) is 7.97. The van der Waals surface area contributed by atoms with Crippen LogP contribution in [0.4, 0.5) is 0 Å². The molecular formula is C24H28ClN3O2. The predicted octanol–water partition coefficient (Wildman–Crippen LogP) is 4.74. The third kappa shape index (κ3) is 6.18. The van der Waals surface area contributed by atoms with Crippen LogP contribution in [0.25, 0.3) is 5.69 Å². The molecule has 0 spiro atoms. The molecule has 5 nitrogen and oxygen atoms in total. The molecule has 0 atom stereocenters. The third-order valence-electron chi connectivity index (χ3n) is 5.12. The van der Waals surface area contributed by atoms with E-state index >= 15 is 0 Å². The van der Waals surface area contributed by atoms with Crippen LogP contribution in [0.3, 0.4) is 0 Å². The number of halogens is 1. The lowest BCUT2D eigenvalue weighted by atomic mass is 10.1. The average Bonchev–Trinajstić information content (AvgIpc) is 2.77. The minimum atomic E-state index is -0.133. The van der Waals surface area contributed by atoms with Gasteiger partial charge in [0, 0.05) is 24.1 Å². The number of rotatable bonds is 10. The summed E-state index contributed by atoms with van der Waals surface area (Å²) in [7, 11) is 0. The Hall–Kier alpha value is -2.63. The molecule has 0 amide bonds. The molecule has 3 aromatic rings. The fourth-order valence-corrected chi connectivity index (χ4v) is 3.39. The minimum absolute atomic E-state index is 0.133. The summed E-state index contributed by atoms with van der Waals surface area (Å²) in [4.78, 5) is 19.2. The number of hydrogen-bond donors (Lipinski definition) is 0. The largest absolute Gasteiger partial charge is 0.487 e. The molecule has 2 heterocycles. The van der Waals surface area contributed by atoms with E-state index in [0.29, 0.717) is 10.8 Å². The molecule has 0 saturated heterocycles. The number of benzene rings is 1. The molecule has 3 rings (SSSR count). The zero-order valence-electron chi connectivity index (χ0n) is 17.6. The number of aryl methyl sites for hydroxylation is 1. The Kier molecular flexibility index (Phi) is 8.05. The van der Waals surface area contributed by atoms with Gasteiger partial charge in [-0.15, -0.1) is 0 Å². The molecule has 0 aliphatic heterocycles. The van der Waals surface area contributed by atoms with Crippen molar-refractivity contribution in [3.05, 3.63) is 87.6 Å². The van der Waals surface area contributed by atoms with E-state index in [-0.39, 0.29) is 12.2 Å². The Bertz CT molecular complexity index is 981. The highest BCUT2D eigenvalue weighted by Crippen LogP contribution is 2.14. The Balaban J connectivity index is 1.59. The van der Waals surface area contributed by atoms with Crippen LogP contribution in [0, 0.1) is 0 Å². The van der Waals surface area contributed by atoms with Crippen molar-refractivity contribution in [2.75, 3.05) is 19.6 Å². The van der Waals surface area contributed by atoms with Gasteiger partial charge in [-0.1, -0.05) is 37.6 Å². The first-order valence-electron chi connectivity index (χ1n) is 10.4. The fourth-order valence-electron chi connectivity index (χ4n) is 3.28. The topological polar surface area (TPSA) is 47.4 Å². The maximum atomic E-state index is 12.5. The van der Waals surface area contributed by atoms with Gasteiger partial charge in [-0.25, -0.2) is 0 Å². The number of ether oxygens (including phenoxy) is 1. The molecule has 30 heavy (non-hydrogen) atoms. The van der Waals surface area contributed by atoms with Crippen LogP contribution in [0.2, 0.25) is 5.02 Å². The van der Waals surface area contributed by atoms with Crippen LogP contribution in [-0.2, 0) is 13.0 Å². The first kappa shape index (κ1) is 22.1. The van der Waals surface area contributed by atoms with Gasteiger partial charge in [0.25, 0.3) is 5.56 Å². The smallest absolute Gasteiger partial charge is 0.258 e. The predicted molar refractivity (Wildman–Crippen MR) is 122 cm³/mol. The van der Waals surface area contributed by atoms with Crippen LogP contribution < -0.4 is 10.3 Å². The molecular weight excluding hydrogens is 398 g/mol. The van der Waals surface area contributed by atoms with E-state index in [1.54, 1.807) is 35.2 Å². The molecule has 158 valence electrons. The first-order chi connectivity index (χ1) is 14.6. The van der Waals surface area contributed by atoms with Gasteiger partial charge < -0.3 is 9.64 Å². The van der Waals surface area contributed by atoms with Crippen molar-refractivity contribution in [2.24, 2.45) is 0 Å². The summed E-state index contributed by atoms with van der Waals surface area (Å²) in [5.74, 6) is 0.515. The zero-order valence-corrected chi connectivity index (χ0v) is 18.3. The second-order valence-electron chi connectivity index (χ2n) is 7.12. The average molecular weight is 426 g/mol. The Labute approximate surface area is 182 Å². The molecule has 0 fully saturated rings. The van der Waals surface area contributed by atoms with Crippen molar-refractivity contribution in [3.8, 4) is 11.4 Å².